The first-order chi connectivity index (χ1) is 13.4. The van der Waals surface area contributed by atoms with E-state index in [0.717, 1.165) is 30.7 Å². The van der Waals surface area contributed by atoms with E-state index in [1.165, 1.54) is 32.5 Å². The predicted molar refractivity (Wildman–Crippen MR) is 106 cm³/mol. The van der Waals surface area contributed by atoms with Gasteiger partial charge in [-0.2, -0.15) is 4.31 Å². The molecule has 1 saturated heterocycles. The minimum Gasteiger partial charge on any atom is -0.379 e. The summed E-state index contributed by atoms with van der Waals surface area (Å²) >= 11 is 1.34. The van der Waals surface area contributed by atoms with Crippen LogP contribution in [-0.4, -0.2) is 59.7 Å². The van der Waals surface area contributed by atoms with Crippen LogP contribution in [0.3, 0.4) is 0 Å². The molecule has 1 aliphatic rings. The topological polar surface area (TPSA) is 106 Å². The smallest absolute Gasteiger partial charge is 0.274 e. The molecule has 0 aromatic carbocycles. The van der Waals surface area contributed by atoms with Crippen LogP contribution in [0.5, 0.6) is 0 Å². The summed E-state index contributed by atoms with van der Waals surface area (Å²) in [5.41, 5.74) is 0.245. The van der Waals surface area contributed by atoms with E-state index in [4.69, 9.17) is 4.74 Å². The third kappa shape index (κ3) is 4.77. The van der Waals surface area contributed by atoms with Gasteiger partial charge in [0.05, 0.1) is 13.2 Å². The Hall–Kier alpha value is -1.82. The van der Waals surface area contributed by atoms with Crippen molar-refractivity contribution in [1.82, 2.24) is 19.1 Å². The fraction of sp³-hybridized carbons (Fsp3) is 0.588. The van der Waals surface area contributed by atoms with E-state index in [0.29, 0.717) is 31.4 Å². The molecule has 0 bridgehead atoms. The van der Waals surface area contributed by atoms with Crippen molar-refractivity contribution in [2.75, 3.05) is 31.6 Å². The van der Waals surface area contributed by atoms with Gasteiger partial charge in [-0.25, -0.2) is 8.42 Å². The Labute approximate surface area is 168 Å². The Morgan fingerprint density at radius 1 is 1.29 bits per heavy atom. The average molecular weight is 428 g/mol. The number of carbonyl (C=O) groups excluding carboxylic acids is 1. The van der Waals surface area contributed by atoms with Crippen molar-refractivity contribution in [2.24, 2.45) is 7.05 Å². The molecule has 3 rings (SSSR count). The number of morpholine rings is 1. The van der Waals surface area contributed by atoms with Crippen LogP contribution in [0, 0.1) is 0 Å². The zero-order chi connectivity index (χ0) is 20.1. The predicted octanol–water partition coefficient (Wildman–Crippen LogP) is 1.88. The molecule has 11 heteroatoms. The van der Waals surface area contributed by atoms with Crippen molar-refractivity contribution in [1.29, 1.82) is 0 Å². The van der Waals surface area contributed by atoms with E-state index < -0.39 is 15.9 Å². The van der Waals surface area contributed by atoms with Gasteiger partial charge in [-0.05, 0) is 12.5 Å². The first kappa shape index (κ1) is 20.9. The van der Waals surface area contributed by atoms with E-state index in [2.05, 4.69) is 22.4 Å². The first-order valence-corrected chi connectivity index (χ1v) is 11.6. The van der Waals surface area contributed by atoms with Gasteiger partial charge < -0.3 is 9.30 Å². The average Bonchev–Trinajstić information content (AvgIpc) is 3.29. The van der Waals surface area contributed by atoms with E-state index >= 15 is 0 Å². The van der Waals surface area contributed by atoms with E-state index in [1.54, 1.807) is 7.05 Å². The second-order valence-corrected chi connectivity index (χ2v) is 9.60. The van der Waals surface area contributed by atoms with E-state index in [9.17, 15) is 13.2 Å². The molecule has 1 aliphatic heterocycles. The molecule has 0 radical (unpaired) electrons. The number of nitrogens with zero attached hydrogens (tertiary/aromatic N) is 4. The number of aromatic nitrogens is 3. The molecule has 1 amide bonds. The Kier molecular flexibility index (Phi) is 6.81. The number of rotatable bonds is 8. The summed E-state index contributed by atoms with van der Waals surface area (Å²) in [4.78, 5) is 12.7. The number of hydrogen-bond donors (Lipinski definition) is 1. The Morgan fingerprint density at radius 3 is 2.75 bits per heavy atom. The number of amides is 1. The summed E-state index contributed by atoms with van der Waals surface area (Å²) in [6.07, 6.45) is 5.60. The highest BCUT2D eigenvalue weighted by molar-refractivity contribution is 7.89. The molecule has 0 saturated carbocycles. The second kappa shape index (κ2) is 9.12. The molecule has 1 N–H and O–H groups in total. The number of aryl methyl sites for hydroxylation is 2. The number of sulfonamides is 1. The van der Waals surface area contributed by atoms with Crippen molar-refractivity contribution in [3.8, 4) is 0 Å². The number of ether oxygens (including phenoxy) is 1. The monoisotopic (exact) mass is 427 g/mol. The molecule has 1 fully saturated rings. The fourth-order valence-corrected chi connectivity index (χ4v) is 5.19. The maximum Gasteiger partial charge on any atom is 0.274 e. The highest BCUT2D eigenvalue weighted by atomic mass is 32.2. The second-order valence-electron chi connectivity index (χ2n) is 6.60. The SMILES string of the molecule is CCCCCc1nnc(NC(=O)c2cc(S(=O)(=O)N3CCOCC3)cn2C)s1. The number of hydrogen-bond acceptors (Lipinski definition) is 7. The van der Waals surface area contributed by atoms with Crippen LogP contribution in [0.15, 0.2) is 17.2 Å². The largest absolute Gasteiger partial charge is 0.379 e. The minimum absolute atomic E-state index is 0.0968. The van der Waals surface area contributed by atoms with Crippen LogP contribution in [0.25, 0.3) is 0 Å². The minimum atomic E-state index is -3.65. The molecule has 0 atom stereocenters. The molecule has 28 heavy (non-hydrogen) atoms. The molecule has 3 heterocycles. The summed E-state index contributed by atoms with van der Waals surface area (Å²) in [7, 11) is -2.01. The number of anilines is 1. The summed E-state index contributed by atoms with van der Waals surface area (Å²) in [6.45, 7) is 3.50. The van der Waals surface area contributed by atoms with Crippen LogP contribution in [-0.2, 0) is 28.2 Å². The van der Waals surface area contributed by atoms with Gasteiger partial charge in [0.15, 0.2) is 0 Å². The van der Waals surface area contributed by atoms with Crippen LogP contribution in [0.4, 0.5) is 5.13 Å². The maximum absolute atomic E-state index is 12.8. The van der Waals surface area contributed by atoms with Gasteiger partial charge in [-0.1, -0.05) is 31.1 Å². The number of unbranched alkanes of at least 4 members (excludes halogenated alkanes) is 2. The molecule has 2 aromatic rings. The molecule has 0 aliphatic carbocycles. The van der Waals surface area contributed by atoms with E-state index in [1.807, 2.05) is 0 Å². The first-order valence-electron chi connectivity index (χ1n) is 9.30. The lowest BCUT2D eigenvalue weighted by atomic mass is 10.2. The lowest BCUT2D eigenvalue weighted by Crippen LogP contribution is -2.40. The number of carbonyl (C=O) groups is 1. The molecule has 0 unspecified atom stereocenters. The zero-order valence-corrected chi connectivity index (χ0v) is 17.7. The standard InChI is InChI=1S/C17H25N5O4S2/c1-3-4-5-6-15-19-20-17(27-15)18-16(23)14-11-13(12-21(14)2)28(24,25)22-7-9-26-10-8-22/h11-12H,3-10H2,1-2H3,(H,18,20,23). The van der Waals surface area contributed by atoms with Gasteiger partial charge in [0, 0.05) is 32.8 Å². The Bertz CT molecular complexity index is 916. The van der Waals surface area contributed by atoms with Crippen LogP contribution in [0.2, 0.25) is 0 Å². The zero-order valence-electron chi connectivity index (χ0n) is 16.0. The lowest BCUT2D eigenvalue weighted by molar-refractivity contribution is 0.0730. The normalized spacial score (nSPS) is 15.6. The van der Waals surface area contributed by atoms with Crippen molar-refractivity contribution in [2.45, 2.75) is 37.5 Å². The Balaban J connectivity index is 1.69. The van der Waals surface area contributed by atoms with Crippen molar-refractivity contribution in [3.05, 3.63) is 23.0 Å². The number of nitrogens with one attached hydrogen (secondary N) is 1. The molecule has 154 valence electrons. The Morgan fingerprint density at radius 2 is 2.04 bits per heavy atom. The fourth-order valence-electron chi connectivity index (χ4n) is 2.93. The molecule has 9 nitrogen and oxygen atoms in total. The van der Waals surface area contributed by atoms with Gasteiger partial charge in [0.1, 0.15) is 15.6 Å². The third-order valence-corrected chi connectivity index (χ3v) is 7.26. The van der Waals surface area contributed by atoms with Crippen LogP contribution < -0.4 is 5.32 Å². The lowest BCUT2D eigenvalue weighted by Gasteiger charge is -2.25. The van der Waals surface area contributed by atoms with Crippen LogP contribution >= 0.6 is 11.3 Å². The summed E-state index contributed by atoms with van der Waals surface area (Å²) < 4.78 is 33.6. The molecule has 2 aromatic heterocycles. The third-order valence-electron chi connectivity index (χ3n) is 4.50. The van der Waals surface area contributed by atoms with E-state index in [-0.39, 0.29) is 10.6 Å². The van der Waals surface area contributed by atoms with Gasteiger partial charge in [0.2, 0.25) is 15.2 Å². The summed E-state index contributed by atoms with van der Waals surface area (Å²) in [5, 5.41) is 12.1. The summed E-state index contributed by atoms with van der Waals surface area (Å²) in [5.74, 6) is -0.415. The highest BCUT2D eigenvalue weighted by Crippen LogP contribution is 2.22. The van der Waals surface area contributed by atoms with Gasteiger partial charge >= 0.3 is 0 Å². The summed E-state index contributed by atoms with van der Waals surface area (Å²) in [6, 6.07) is 1.39. The quantitative estimate of drug-likeness (QED) is 0.645. The molecular formula is C17H25N5O4S2. The highest BCUT2D eigenvalue weighted by Gasteiger charge is 2.29. The van der Waals surface area contributed by atoms with Crippen molar-refractivity contribution < 1.29 is 17.9 Å². The molecule has 0 spiro atoms. The van der Waals surface area contributed by atoms with Crippen LogP contribution in [0.1, 0.15) is 41.7 Å². The van der Waals surface area contributed by atoms with Gasteiger partial charge in [0.25, 0.3) is 5.91 Å². The maximum atomic E-state index is 12.8. The molecular weight excluding hydrogens is 402 g/mol. The van der Waals surface area contributed by atoms with Crippen molar-refractivity contribution >= 4 is 32.4 Å². The van der Waals surface area contributed by atoms with Gasteiger partial charge in [-0.3, -0.25) is 10.1 Å². The van der Waals surface area contributed by atoms with Gasteiger partial charge in [-0.15, -0.1) is 10.2 Å². The van der Waals surface area contributed by atoms with Crippen molar-refractivity contribution in [3.63, 3.8) is 0 Å².